The van der Waals surface area contributed by atoms with Crippen molar-refractivity contribution in [1.82, 2.24) is 0 Å². The molecule has 0 amide bonds. The van der Waals surface area contributed by atoms with Crippen molar-refractivity contribution in [3.05, 3.63) is 23.3 Å². The van der Waals surface area contributed by atoms with E-state index in [2.05, 4.69) is 0 Å². The molecule has 0 aliphatic heterocycles. The third-order valence-corrected chi connectivity index (χ3v) is 3.11. The summed E-state index contributed by atoms with van der Waals surface area (Å²) in [6.07, 6.45) is 1.04. The van der Waals surface area contributed by atoms with Crippen molar-refractivity contribution in [3.8, 4) is 11.5 Å². The molecule has 0 spiro atoms. The van der Waals surface area contributed by atoms with Crippen LogP contribution in [0.3, 0.4) is 0 Å². The van der Waals surface area contributed by atoms with Crippen LogP contribution in [0.25, 0.3) is 0 Å². The summed E-state index contributed by atoms with van der Waals surface area (Å²) >= 11 is 0. The number of carboxylic acids is 1. The average Bonchev–Trinajstić information content (AvgIpc) is 2.36. The van der Waals surface area contributed by atoms with Gasteiger partial charge in [0, 0.05) is 0 Å². The predicted molar refractivity (Wildman–Crippen MR) is 69.4 cm³/mol. The molecule has 0 aliphatic rings. The molecule has 0 saturated carbocycles. The predicted octanol–water partition coefficient (Wildman–Crippen LogP) is 2.67. The van der Waals surface area contributed by atoms with Gasteiger partial charge in [0.25, 0.3) is 0 Å². The van der Waals surface area contributed by atoms with Crippen LogP contribution >= 0.6 is 0 Å². The Morgan fingerprint density at radius 2 is 1.89 bits per heavy atom. The van der Waals surface area contributed by atoms with Crippen LogP contribution in [0.5, 0.6) is 11.5 Å². The van der Waals surface area contributed by atoms with Crippen LogP contribution < -0.4 is 9.47 Å². The highest BCUT2D eigenvalue weighted by atomic mass is 16.5. The lowest BCUT2D eigenvalue weighted by molar-refractivity contribution is -0.141. The molecule has 18 heavy (non-hydrogen) atoms. The molecule has 0 unspecified atom stereocenters. The number of carbonyl (C=O) groups is 1. The second-order valence-electron chi connectivity index (χ2n) is 4.28. The van der Waals surface area contributed by atoms with Gasteiger partial charge in [0.2, 0.25) is 0 Å². The molecule has 4 nitrogen and oxygen atoms in total. The maximum Gasteiger partial charge on any atom is 0.306 e. The smallest absolute Gasteiger partial charge is 0.306 e. The van der Waals surface area contributed by atoms with Crippen molar-refractivity contribution in [2.75, 3.05) is 14.2 Å². The summed E-state index contributed by atoms with van der Waals surface area (Å²) in [6.45, 7) is 3.80. The molecule has 1 atom stereocenters. The van der Waals surface area contributed by atoms with Crippen LogP contribution in [0, 0.1) is 12.8 Å². The van der Waals surface area contributed by atoms with Gasteiger partial charge in [-0.3, -0.25) is 4.79 Å². The number of carboxylic acid groups (broad SMARTS) is 1. The van der Waals surface area contributed by atoms with Gasteiger partial charge in [0.15, 0.2) is 0 Å². The Labute approximate surface area is 108 Å². The number of hydrogen-bond acceptors (Lipinski definition) is 3. The molecular weight excluding hydrogens is 232 g/mol. The zero-order valence-corrected chi connectivity index (χ0v) is 11.3. The number of aliphatic carboxylic acids is 1. The minimum absolute atomic E-state index is 0.397. The lowest BCUT2D eigenvalue weighted by Gasteiger charge is -2.15. The highest BCUT2D eigenvalue weighted by Gasteiger charge is 2.19. The quantitative estimate of drug-likeness (QED) is 0.845. The van der Waals surface area contributed by atoms with E-state index < -0.39 is 11.9 Å². The number of aryl methyl sites for hydroxylation is 1. The van der Waals surface area contributed by atoms with E-state index in [0.29, 0.717) is 18.6 Å². The molecule has 0 radical (unpaired) electrons. The zero-order valence-electron chi connectivity index (χ0n) is 11.3. The van der Waals surface area contributed by atoms with E-state index in [1.54, 1.807) is 14.2 Å². The van der Waals surface area contributed by atoms with Crippen LogP contribution in [-0.2, 0) is 11.2 Å². The highest BCUT2D eigenvalue weighted by Crippen LogP contribution is 2.30. The van der Waals surface area contributed by atoms with Crippen molar-refractivity contribution in [1.29, 1.82) is 0 Å². The molecule has 1 rings (SSSR count). The number of hydrogen-bond donors (Lipinski definition) is 1. The summed E-state index contributed by atoms with van der Waals surface area (Å²) in [7, 11) is 3.19. The van der Waals surface area contributed by atoms with Crippen molar-refractivity contribution in [3.63, 3.8) is 0 Å². The Kier molecular flexibility index (Phi) is 5.01. The molecule has 1 aromatic rings. The van der Waals surface area contributed by atoms with Gasteiger partial charge in [-0.15, -0.1) is 0 Å². The minimum Gasteiger partial charge on any atom is -0.496 e. The summed E-state index contributed by atoms with van der Waals surface area (Å²) in [6, 6.07) is 3.74. The molecule has 4 heteroatoms. The molecule has 100 valence electrons. The second-order valence-corrected chi connectivity index (χ2v) is 4.28. The van der Waals surface area contributed by atoms with E-state index in [1.807, 2.05) is 26.0 Å². The first-order valence-electron chi connectivity index (χ1n) is 5.97. The lowest BCUT2D eigenvalue weighted by Crippen LogP contribution is -2.16. The Hall–Kier alpha value is -1.71. The molecule has 0 bridgehead atoms. The van der Waals surface area contributed by atoms with Gasteiger partial charge in [-0.25, -0.2) is 0 Å². The van der Waals surface area contributed by atoms with Crippen molar-refractivity contribution in [2.45, 2.75) is 26.7 Å². The van der Waals surface area contributed by atoms with Crippen LogP contribution in [0.1, 0.15) is 24.5 Å². The Morgan fingerprint density at radius 3 is 2.33 bits per heavy atom. The maximum atomic E-state index is 11.1. The molecule has 0 heterocycles. The fourth-order valence-corrected chi connectivity index (χ4v) is 1.94. The van der Waals surface area contributed by atoms with Crippen LogP contribution in [0.4, 0.5) is 0 Å². The number of methoxy groups -OCH3 is 2. The standard InChI is InChI=1S/C14H20O4/c1-5-10(14(15)16)7-11-8-12(17-3)9(2)6-13(11)18-4/h6,8,10H,5,7H2,1-4H3,(H,15,16)/t10-/m0/s1. The summed E-state index contributed by atoms with van der Waals surface area (Å²) in [4.78, 5) is 11.1. The molecule has 1 aromatic carbocycles. The minimum atomic E-state index is -0.779. The van der Waals surface area contributed by atoms with Gasteiger partial charge < -0.3 is 14.6 Å². The molecule has 0 aromatic heterocycles. The van der Waals surface area contributed by atoms with Gasteiger partial charge in [-0.05, 0) is 43.0 Å². The van der Waals surface area contributed by atoms with Crippen LogP contribution in [0.2, 0.25) is 0 Å². The van der Waals surface area contributed by atoms with E-state index in [-0.39, 0.29) is 0 Å². The van der Waals surface area contributed by atoms with Gasteiger partial charge >= 0.3 is 5.97 Å². The average molecular weight is 252 g/mol. The number of ether oxygens (including phenoxy) is 2. The summed E-state index contributed by atoms with van der Waals surface area (Å²) in [5, 5.41) is 9.11. The molecule has 0 aliphatic carbocycles. The summed E-state index contributed by atoms with van der Waals surface area (Å²) < 4.78 is 10.6. The van der Waals surface area contributed by atoms with E-state index in [0.717, 1.165) is 16.9 Å². The van der Waals surface area contributed by atoms with E-state index in [9.17, 15) is 4.79 Å². The first-order valence-corrected chi connectivity index (χ1v) is 5.97. The number of benzene rings is 1. The summed E-state index contributed by atoms with van der Waals surface area (Å²) in [5.41, 5.74) is 1.84. The SMILES string of the molecule is CC[C@@H](Cc1cc(OC)c(C)cc1OC)C(=O)O. The first-order chi connectivity index (χ1) is 8.53. The second kappa shape index (κ2) is 6.28. The Bertz CT molecular complexity index is 426. The van der Waals surface area contributed by atoms with Crippen molar-refractivity contribution >= 4 is 5.97 Å². The van der Waals surface area contributed by atoms with E-state index in [1.165, 1.54) is 0 Å². The van der Waals surface area contributed by atoms with Gasteiger partial charge in [-0.2, -0.15) is 0 Å². The van der Waals surface area contributed by atoms with Crippen molar-refractivity contribution < 1.29 is 19.4 Å². The number of rotatable bonds is 6. The normalized spacial score (nSPS) is 12.0. The monoisotopic (exact) mass is 252 g/mol. The molecule has 0 fully saturated rings. The topological polar surface area (TPSA) is 55.8 Å². The Morgan fingerprint density at radius 1 is 1.28 bits per heavy atom. The van der Waals surface area contributed by atoms with E-state index >= 15 is 0 Å². The van der Waals surface area contributed by atoms with Crippen molar-refractivity contribution in [2.24, 2.45) is 5.92 Å². The fraction of sp³-hybridized carbons (Fsp3) is 0.500. The fourth-order valence-electron chi connectivity index (χ4n) is 1.94. The lowest BCUT2D eigenvalue weighted by atomic mass is 9.95. The molecule has 0 saturated heterocycles. The van der Waals surface area contributed by atoms with Crippen LogP contribution in [0.15, 0.2) is 12.1 Å². The summed E-state index contributed by atoms with van der Waals surface area (Å²) in [5.74, 6) is 0.296. The molecule has 1 N–H and O–H groups in total. The van der Waals surface area contributed by atoms with Gasteiger partial charge in [0.1, 0.15) is 11.5 Å². The van der Waals surface area contributed by atoms with Gasteiger partial charge in [0.05, 0.1) is 20.1 Å². The highest BCUT2D eigenvalue weighted by molar-refractivity contribution is 5.70. The van der Waals surface area contributed by atoms with E-state index in [4.69, 9.17) is 14.6 Å². The maximum absolute atomic E-state index is 11.1. The van der Waals surface area contributed by atoms with Gasteiger partial charge in [-0.1, -0.05) is 6.92 Å². The molecular formula is C14H20O4. The third kappa shape index (κ3) is 3.15. The largest absolute Gasteiger partial charge is 0.496 e. The third-order valence-electron chi connectivity index (χ3n) is 3.11. The van der Waals surface area contributed by atoms with Crippen LogP contribution in [-0.4, -0.2) is 25.3 Å². The zero-order chi connectivity index (χ0) is 13.7. The first kappa shape index (κ1) is 14.4. The Balaban J connectivity index is 3.09.